The van der Waals surface area contributed by atoms with Crippen molar-refractivity contribution in [3.63, 3.8) is 0 Å². The summed E-state index contributed by atoms with van der Waals surface area (Å²) in [5, 5.41) is 3.15. The van der Waals surface area contributed by atoms with Crippen LogP contribution in [0, 0.1) is 5.92 Å². The quantitative estimate of drug-likeness (QED) is 0.618. The molecule has 34 heavy (non-hydrogen) atoms. The SMILES string of the molecule is CCOc1ccccc1NC(=O)[C@H](c1ccccc1)N1CCC(CN2C[C@@H](C)O[C@@H](C)C2)CC1. The molecule has 4 rings (SSSR count). The zero-order chi connectivity index (χ0) is 23.9. The van der Waals surface area contributed by atoms with Gasteiger partial charge in [0.05, 0.1) is 24.5 Å². The highest BCUT2D eigenvalue weighted by Gasteiger charge is 2.33. The van der Waals surface area contributed by atoms with Crippen LogP contribution in [0.4, 0.5) is 5.69 Å². The van der Waals surface area contributed by atoms with E-state index in [1.165, 1.54) is 0 Å². The molecule has 2 fully saturated rings. The maximum atomic E-state index is 13.6. The third-order valence-corrected chi connectivity index (χ3v) is 6.83. The largest absolute Gasteiger partial charge is 0.492 e. The van der Waals surface area contributed by atoms with Crippen molar-refractivity contribution in [2.24, 2.45) is 5.92 Å². The summed E-state index contributed by atoms with van der Waals surface area (Å²) in [5.41, 5.74) is 1.75. The minimum atomic E-state index is -0.319. The van der Waals surface area contributed by atoms with Crippen LogP contribution in [0.5, 0.6) is 5.75 Å². The number of ether oxygens (including phenoxy) is 2. The zero-order valence-electron chi connectivity index (χ0n) is 20.8. The Bertz CT molecular complexity index is 904. The van der Waals surface area contributed by atoms with Crippen molar-refractivity contribution in [1.82, 2.24) is 9.80 Å². The molecule has 6 heteroatoms. The van der Waals surface area contributed by atoms with Crippen LogP contribution in [0.2, 0.25) is 0 Å². The third kappa shape index (κ3) is 6.38. The number of benzene rings is 2. The standard InChI is InChI=1S/C28H39N3O3/c1-4-33-26-13-9-8-12-25(26)29-28(32)27(24-10-6-5-7-11-24)31-16-14-23(15-17-31)20-30-18-21(2)34-22(3)19-30/h5-13,21-23,27H,4,14-20H2,1-3H3,(H,29,32)/t21-,22+,27-/m0/s1. The number of morpholine rings is 1. The van der Waals surface area contributed by atoms with Crippen LogP contribution in [0.15, 0.2) is 54.6 Å². The van der Waals surface area contributed by atoms with E-state index in [-0.39, 0.29) is 11.9 Å². The lowest BCUT2D eigenvalue weighted by molar-refractivity contribution is -0.122. The molecule has 2 aliphatic heterocycles. The van der Waals surface area contributed by atoms with Gasteiger partial charge in [-0.2, -0.15) is 0 Å². The first-order chi connectivity index (χ1) is 16.5. The third-order valence-electron chi connectivity index (χ3n) is 6.83. The van der Waals surface area contributed by atoms with Crippen molar-refractivity contribution in [3.05, 3.63) is 60.2 Å². The number of carbonyl (C=O) groups excluding carboxylic acids is 1. The van der Waals surface area contributed by atoms with Crippen LogP contribution in [0.25, 0.3) is 0 Å². The predicted molar refractivity (Wildman–Crippen MR) is 136 cm³/mol. The Balaban J connectivity index is 1.43. The molecule has 2 saturated heterocycles. The summed E-state index contributed by atoms with van der Waals surface area (Å²) in [4.78, 5) is 18.5. The Labute approximate surface area is 204 Å². The molecular weight excluding hydrogens is 426 g/mol. The number of nitrogens with one attached hydrogen (secondary N) is 1. The van der Waals surface area contributed by atoms with Gasteiger partial charge in [-0.25, -0.2) is 0 Å². The van der Waals surface area contributed by atoms with E-state index in [9.17, 15) is 4.79 Å². The summed E-state index contributed by atoms with van der Waals surface area (Å²) in [5.74, 6) is 1.36. The van der Waals surface area contributed by atoms with Gasteiger partial charge >= 0.3 is 0 Å². The van der Waals surface area contributed by atoms with Crippen LogP contribution in [0.1, 0.15) is 45.2 Å². The zero-order valence-corrected chi connectivity index (χ0v) is 20.8. The number of nitrogens with zero attached hydrogens (tertiary/aromatic N) is 2. The van der Waals surface area contributed by atoms with Crippen molar-refractivity contribution >= 4 is 11.6 Å². The van der Waals surface area contributed by atoms with Crippen LogP contribution in [-0.4, -0.2) is 67.2 Å². The molecule has 2 aromatic rings. The molecule has 6 nitrogen and oxygen atoms in total. The number of piperidine rings is 1. The summed E-state index contributed by atoms with van der Waals surface area (Å²) in [6.07, 6.45) is 2.81. The van der Waals surface area contributed by atoms with E-state index in [1.54, 1.807) is 0 Å². The first-order valence-electron chi connectivity index (χ1n) is 12.7. The van der Waals surface area contributed by atoms with E-state index in [0.717, 1.165) is 56.8 Å². The molecular formula is C28H39N3O3. The lowest BCUT2D eigenvalue weighted by atomic mass is 9.93. The van der Waals surface area contributed by atoms with E-state index in [2.05, 4.69) is 41.1 Å². The molecule has 184 valence electrons. The summed E-state index contributed by atoms with van der Waals surface area (Å²) in [6.45, 7) is 11.8. The molecule has 1 amide bonds. The topological polar surface area (TPSA) is 54.0 Å². The number of para-hydroxylation sites is 2. The second kappa shape index (κ2) is 11.8. The molecule has 3 atom stereocenters. The van der Waals surface area contributed by atoms with Crippen LogP contribution >= 0.6 is 0 Å². The molecule has 0 aliphatic carbocycles. The molecule has 0 spiro atoms. The van der Waals surface area contributed by atoms with Crippen molar-refractivity contribution in [3.8, 4) is 5.75 Å². The van der Waals surface area contributed by atoms with E-state index in [4.69, 9.17) is 9.47 Å². The fourth-order valence-corrected chi connectivity index (χ4v) is 5.41. The van der Waals surface area contributed by atoms with Crippen molar-refractivity contribution in [2.75, 3.05) is 44.6 Å². The highest BCUT2D eigenvalue weighted by atomic mass is 16.5. The van der Waals surface area contributed by atoms with E-state index < -0.39 is 0 Å². The Morgan fingerprint density at radius 2 is 1.68 bits per heavy atom. The van der Waals surface area contributed by atoms with Crippen molar-refractivity contribution in [1.29, 1.82) is 0 Å². The Hall–Kier alpha value is -2.41. The normalized spacial score (nSPS) is 23.4. The Morgan fingerprint density at radius 1 is 1.03 bits per heavy atom. The average molecular weight is 466 g/mol. The number of anilines is 1. The maximum absolute atomic E-state index is 13.6. The fraction of sp³-hybridized carbons (Fsp3) is 0.536. The van der Waals surface area contributed by atoms with Gasteiger partial charge in [0.15, 0.2) is 0 Å². The predicted octanol–water partition coefficient (Wildman–Crippen LogP) is 4.59. The van der Waals surface area contributed by atoms with Crippen molar-refractivity contribution in [2.45, 2.75) is 51.9 Å². The monoisotopic (exact) mass is 465 g/mol. The van der Waals surface area contributed by atoms with E-state index >= 15 is 0 Å². The van der Waals surface area contributed by atoms with Gasteiger partial charge in [0, 0.05) is 19.6 Å². The highest BCUT2D eigenvalue weighted by Crippen LogP contribution is 2.31. The van der Waals surface area contributed by atoms with E-state index in [0.29, 0.717) is 30.5 Å². The molecule has 0 saturated carbocycles. The fourth-order valence-electron chi connectivity index (χ4n) is 5.41. The van der Waals surface area contributed by atoms with Crippen molar-refractivity contribution < 1.29 is 14.3 Å². The average Bonchev–Trinajstić information content (AvgIpc) is 2.82. The maximum Gasteiger partial charge on any atom is 0.246 e. The number of rotatable bonds is 8. The number of hydrogen-bond donors (Lipinski definition) is 1. The summed E-state index contributed by atoms with van der Waals surface area (Å²) in [7, 11) is 0. The lowest BCUT2D eigenvalue weighted by Gasteiger charge is -2.41. The molecule has 2 aliphatic rings. The first-order valence-corrected chi connectivity index (χ1v) is 12.7. The smallest absolute Gasteiger partial charge is 0.246 e. The number of carbonyl (C=O) groups is 1. The molecule has 0 unspecified atom stereocenters. The number of likely N-dealkylation sites (tertiary alicyclic amines) is 1. The summed E-state index contributed by atoms with van der Waals surface area (Å²) < 4.78 is 11.6. The summed E-state index contributed by atoms with van der Waals surface area (Å²) >= 11 is 0. The number of amides is 1. The minimum Gasteiger partial charge on any atom is -0.492 e. The molecule has 2 aromatic carbocycles. The molecule has 1 N–H and O–H groups in total. The molecule has 0 aromatic heterocycles. The van der Waals surface area contributed by atoms with Gasteiger partial charge < -0.3 is 14.8 Å². The van der Waals surface area contributed by atoms with Gasteiger partial charge in [-0.15, -0.1) is 0 Å². The van der Waals surface area contributed by atoms with Crippen LogP contribution in [-0.2, 0) is 9.53 Å². The van der Waals surface area contributed by atoms with Gasteiger partial charge in [0.2, 0.25) is 5.91 Å². The van der Waals surface area contributed by atoms with Gasteiger partial charge in [-0.1, -0.05) is 42.5 Å². The summed E-state index contributed by atoms with van der Waals surface area (Å²) in [6, 6.07) is 17.5. The number of hydrogen-bond acceptors (Lipinski definition) is 5. The minimum absolute atomic E-state index is 0.00682. The van der Waals surface area contributed by atoms with Crippen LogP contribution in [0.3, 0.4) is 0 Å². The van der Waals surface area contributed by atoms with Gasteiger partial charge in [0.1, 0.15) is 11.8 Å². The van der Waals surface area contributed by atoms with Gasteiger partial charge in [-0.05, 0) is 70.3 Å². The lowest BCUT2D eigenvalue weighted by Crippen LogP contribution is -2.49. The van der Waals surface area contributed by atoms with Gasteiger partial charge in [-0.3, -0.25) is 14.6 Å². The van der Waals surface area contributed by atoms with Gasteiger partial charge in [0.25, 0.3) is 0 Å². The Kier molecular flexibility index (Phi) is 8.59. The molecule has 0 bridgehead atoms. The molecule has 2 heterocycles. The van der Waals surface area contributed by atoms with Crippen LogP contribution < -0.4 is 10.1 Å². The second-order valence-corrected chi connectivity index (χ2v) is 9.69. The molecule has 0 radical (unpaired) electrons. The first kappa shape index (κ1) is 24.7. The highest BCUT2D eigenvalue weighted by molar-refractivity contribution is 5.96. The Morgan fingerprint density at radius 3 is 2.35 bits per heavy atom. The second-order valence-electron chi connectivity index (χ2n) is 9.69. The van der Waals surface area contributed by atoms with E-state index in [1.807, 2.05) is 49.4 Å².